The fraction of sp³-hybridized carbons (Fsp3) is 0.227. The summed E-state index contributed by atoms with van der Waals surface area (Å²) in [7, 11) is 0. The van der Waals surface area contributed by atoms with Gasteiger partial charge in [0.25, 0.3) is 11.3 Å². The van der Waals surface area contributed by atoms with Crippen LogP contribution in [0.15, 0.2) is 58.5 Å². The van der Waals surface area contributed by atoms with Gasteiger partial charge in [-0.3, -0.25) is 9.59 Å². The van der Waals surface area contributed by atoms with Crippen LogP contribution in [0.2, 0.25) is 0 Å². The number of rotatable bonds is 8. The lowest BCUT2D eigenvalue weighted by atomic mass is 10.1. The molecule has 3 aromatic rings. The van der Waals surface area contributed by atoms with Gasteiger partial charge in [-0.1, -0.05) is 17.7 Å². The lowest BCUT2D eigenvalue weighted by Crippen LogP contribution is -2.20. The van der Waals surface area contributed by atoms with Crippen molar-refractivity contribution in [1.29, 1.82) is 0 Å². The van der Waals surface area contributed by atoms with E-state index in [-0.39, 0.29) is 35.7 Å². The molecule has 31 heavy (non-hydrogen) atoms. The van der Waals surface area contributed by atoms with Crippen LogP contribution in [0.25, 0.3) is 0 Å². The number of aromatic nitrogens is 2. The summed E-state index contributed by atoms with van der Waals surface area (Å²) in [6.07, 6.45) is 0.197. The minimum atomic E-state index is -2.67. The number of halogens is 2. The molecule has 1 aromatic heterocycles. The molecule has 0 radical (unpaired) electrons. The van der Waals surface area contributed by atoms with E-state index in [4.69, 9.17) is 4.74 Å². The SMILES string of the molecule is Cc1ccc(Oc2ccc(NC(=O)CCc3c(C)nc(SC(F)F)[nH]c3=O)cc2)cc1. The molecule has 0 atom stereocenters. The van der Waals surface area contributed by atoms with Gasteiger partial charge in [0.15, 0.2) is 5.16 Å². The Labute approximate surface area is 182 Å². The van der Waals surface area contributed by atoms with E-state index in [0.29, 0.717) is 22.7 Å². The molecule has 0 aliphatic heterocycles. The molecule has 2 aromatic carbocycles. The molecule has 0 aliphatic carbocycles. The fourth-order valence-corrected chi connectivity index (χ4v) is 3.34. The van der Waals surface area contributed by atoms with Gasteiger partial charge in [-0.15, -0.1) is 0 Å². The van der Waals surface area contributed by atoms with Crippen LogP contribution in [-0.2, 0) is 11.2 Å². The van der Waals surface area contributed by atoms with E-state index in [2.05, 4.69) is 15.3 Å². The van der Waals surface area contributed by atoms with Crippen LogP contribution in [0.4, 0.5) is 14.5 Å². The van der Waals surface area contributed by atoms with Crippen LogP contribution >= 0.6 is 11.8 Å². The number of anilines is 1. The molecule has 1 amide bonds. The molecule has 9 heteroatoms. The molecule has 1 heterocycles. The van der Waals surface area contributed by atoms with Crippen molar-refractivity contribution in [2.45, 2.75) is 37.6 Å². The number of aromatic amines is 1. The highest BCUT2D eigenvalue weighted by atomic mass is 32.2. The summed E-state index contributed by atoms with van der Waals surface area (Å²) in [4.78, 5) is 30.7. The molecule has 6 nitrogen and oxygen atoms in total. The number of carbonyl (C=O) groups excluding carboxylic acids is 1. The van der Waals surface area contributed by atoms with Gasteiger partial charge < -0.3 is 15.0 Å². The summed E-state index contributed by atoms with van der Waals surface area (Å²) in [6, 6.07) is 14.6. The minimum Gasteiger partial charge on any atom is -0.457 e. The van der Waals surface area contributed by atoms with Crippen LogP contribution in [0.5, 0.6) is 11.5 Å². The first kappa shape index (κ1) is 22.5. The smallest absolute Gasteiger partial charge is 0.291 e. The zero-order valence-electron chi connectivity index (χ0n) is 16.9. The second-order valence-electron chi connectivity index (χ2n) is 6.80. The molecular weight excluding hydrogens is 424 g/mol. The Morgan fingerprint density at radius 3 is 2.29 bits per heavy atom. The lowest BCUT2D eigenvalue weighted by molar-refractivity contribution is -0.116. The van der Waals surface area contributed by atoms with Crippen molar-refractivity contribution in [1.82, 2.24) is 9.97 Å². The largest absolute Gasteiger partial charge is 0.457 e. The first-order valence-corrected chi connectivity index (χ1v) is 10.4. The molecule has 3 rings (SSSR count). The number of ether oxygens (including phenoxy) is 1. The number of alkyl halides is 2. The number of aryl methyl sites for hydroxylation is 2. The molecule has 162 valence electrons. The number of benzene rings is 2. The average Bonchev–Trinajstić information content (AvgIpc) is 2.70. The molecule has 0 bridgehead atoms. The van der Waals surface area contributed by atoms with E-state index in [1.54, 1.807) is 31.2 Å². The number of carbonyl (C=O) groups is 1. The Morgan fingerprint density at radius 1 is 1.10 bits per heavy atom. The third-order valence-corrected chi connectivity index (χ3v) is 4.99. The van der Waals surface area contributed by atoms with Gasteiger partial charge in [0.2, 0.25) is 5.91 Å². The van der Waals surface area contributed by atoms with Gasteiger partial charge in [0.05, 0.1) is 0 Å². The average molecular weight is 445 g/mol. The summed E-state index contributed by atoms with van der Waals surface area (Å²) in [5.74, 6) is -1.60. The number of amides is 1. The van der Waals surface area contributed by atoms with E-state index in [1.807, 2.05) is 31.2 Å². The molecule has 0 fully saturated rings. The molecule has 0 aliphatic rings. The second-order valence-corrected chi connectivity index (χ2v) is 7.78. The third kappa shape index (κ3) is 6.65. The fourth-order valence-electron chi connectivity index (χ4n) is 2.83. The van der Waals surface area contributed by atoms with Crippen molar-refractivity contribution in [2.75, 3.05) is 5.32 Å². The molecule has 0 saturated carbocycles. The molecule has 2 N–H and O–H groups in total. The summed E-state index contributed by atoms with van der Waals surface area (Å²) < 4.78 is 30.6. The maximum absolute atomic E-state index is 12.4. The molecular formula is C22H21F2N3O3S. The maximum atomic E-state index is 12.4. The number of H-pyrrole nitrogens is 1. The van der Waals surface area contributed by atoms with E-state index >= 15 is 0 Å². The highest BCUT2D eigenvalue weighted by Gasteiger charge is 2.14. The third-order valence-electron chi connectivity index (χ3n) is 4.40. The van der Waals surface area contributed by atoms with Crippen molar-refractivity contribution in [3.05, 3.63) is 75.7 Å². The van der Waals surface area contributed by atoms with E-state index in [9.17, 15) is 18.4 Å². The second kappa shape index (κ2) is 10.2. The van der Waals surface area contributed by atoms with Gasteiger partial charge in [0, 0.05) is 23.4 Å². The maximum Gasteiger partial charge on any atom is 0.291 e. The lowest BCUT2D eigenvalue weighted by Gasteiger charge is -2.09. The Balaban J connectivity index is 1.55. The molecule has 0 saturated heterocycles. The van der Waals surface area contributed by atoms with Crippen LogP contribution in [0.3, 0.4) is 0 Å². The normalized spacial score (nSPS) is 10.9. The number of thioether (sulfide) groups is 1. The van der Waals surface area contributed by atoms with Crippen molar-refractivity contribution < 1.29 is 18.3 Å². The van der Waals surface area contributed by atoms with Gasteiger partial charge in [-0.2, -0.15) is 8.78 Å². The first-order valence-electron chi connectivity index (χ1n) is 9.49. The quantitative estimate of drug-likeness (QED) is 0.374. The van der Waals surface area contributed by atoms with Crippen molar-refractivity contribution in [3.8, 4) is 11.5 Å². The van der Waals surface area contributed by atoms with Crippen LogP contribution < -0.4 is 15.6 Å². The Hall–Kier alpha value is -3.20. The zero-order valence-corrected chi connectivity index (χ0v) is 17.8. The van der Waals surface area contributed by atoms with Crippen molar-refractivity contribution in [3.63, 3.8) is 0 Å². The summed E-state index contributed by atoms with van der Waals surface area (Å²) in [5.41, 5.74) is 1.85. The number of nitrogens with one attached hydrogen (secondary N) is 2. The monoisotopic (exact) mass is 445 g/mol. The van der Waals surface area contributed by atoms with Gasteiger partial charge in [-0.25, -0.2) is 4.98 Å². The van der Waals surface area contributed by atoms with Gasteiger partial charge in [-0.05, 0) is 68.4 Å². The van der Waals surface area contributed by atoms with Gasteiger partial charge in [0.1, 0.15) is 11.5 Å². The Kier molecular flexibility index (Phi) is 7.41. The zero-order chi connectivity index (χ0) is 22.4. The predicted molar refractivity (Wildman–Crippen MR) is 116 cm³/mol. The predicted octanol–water partition coefficient (Wildman–Crippen LogP) is 5.07. The highest BCUT2D eigenvalue weighted by Crippen LogP contribution is 2.24. The summed E-state index contributed by atoms with van der Waals surface area (Å²) >= 11 is 0.174. The topological polar surface area (TPSA) is 84.1 Å². The number of nitrogens with zero attached hydrogens (tertiary/aromatic N) is 1. The van der Waals surface area contributed by atoms with Gasteiger partial charge >= 0.3 is 0 Å². The van der Waals surface area contributed by atoms with E-state index in [0.717, 1.165) is 11.3 Å². The van der Waals surface area contributed by atoms with Crippen LogP contribution in [0.1, 0.15) is 23.2 Å². The first-order chi connectivity index (χ1) is 14.8. The molecule has 0 spiro atoms. The van der Waals surface area contributed by atoms with E-state index in [1.165, 1.54) is 0 Å². The summed E-state index contributed by atoms with van der Waals surface area (Å²) in [6.45, 7) is 3.56. The highest BCUT2D eigenvalue weighted by molar-refractivity contribution is 7.99. The summed E-state index contributed by atoms with van der Waals surface area (Å²) in [5, 5.41) is 2.62. The van der Waals surface area contributed by atoms with Crippen molar-refractivity contribution in [2.24, 2.45) is 0 Å². The van der Waals surface area contributed by atoms with Crippen LogP contribution in [-0.4, -0.2) is 21.6 Å². The molecule has 0 unspecified atom stereocenters. The Bertz CT molecular complexity index is 1100. The number of hydrogen-bond donors (Lipinski definition) is 2. The Morgan fingerprint density at radius 2 is 1.71 bits per heavy atom. The van der Waals surface area contributed by atoms with Crippen molar-refractivity contribution >= 4 is 23.4 Å². The van der Waals surface area contributed by atoms with Crippen LogP contribution in [0, 0.1) is 13.8 Å². The van der Waals surface area contributed by atoms with E-state index < -0.39 is 11.3 Å². The minimum absolute atomic E-state index is 0.0502. The standard InChI is InChI=1S/C22H21F2N3O3S/c1-13-3-7-16(8-4-13)30-17-9-5-15(6-10-17)26-19(28)12-11-18-14(2)25-22(27-20(18)29)31-21(23)24/h3-10,21H,11-12H2,1-2H3,(H,26,28)(H,25,27,29). The number of hydrogen-bond acceptors (Lipinski definition) is 5.